The lowest BCUT2D eigenvalue weighted by Crippen LogP contribution is -2.66. The molecule has 2 aliphatic rings. The predicted octanol–water partition coefficient (Wildman–Crippen LogP) is 3.26. The zero-order valence-electron chi connectivity index (χ0n) is 19.0. The first-order chi connectivity index (χ1) is 15.6. The number of benzene rings is 1. The molecule has 2 aromatic heterocycles. The number of hydrogen-bond donors (Lipinski definition) is 2. The van der Waals surface area contributed by atoms with Crippen molar-refractivity contribution in [3.8, 4) is 22.7 Å². The van der Waals surface area contributed by atoms with Gasteiger partial charge < -0.3 is 15.3 Å². The summed E-state index contributed by atoms with van der Waals surface area (Å²) in [7, 11) is 1.80. The third-order valence-corrected chi connectivity index (χ3v) is 7.40. The molecule has 8 nitrogen and oxygen atoms in total. The van der Waals surface area contributed by atoms with Crippen LogP contribution in [0.3, 0.4) is 0 Å². The first kappa shape index (κ1) is 21.7. The zero-order chi connectivity index (χ0) is 23.5. The Morgan fingerprint density at radius 1 is 1.18 bits per heavy atom. The van der Waals surface area contributed by atoms with E-state index in [-0.39, 0.29) is 17.3 Å². The number of hydrogen-bond acceptors (Lipinski definition) is 7. The Balaban J connectivity index is 1.38. The zero-order valence-corrected chi connectivity index (χ0v) is 19.0. The van der Waals surface area contributed by atoms with Crippen LogP contribution in [0.25, 0.3) is 16.9 Å². The quantitative estimate of drug-likeness (QED) is 0.624. The van der Waals surface area contributed by atoms with Gasteiger partial charge in [0.15, 0.2) is 5.82 Å². The van der Waals surface area contributed by atoms with Gasteiger partial charge in [-0.3, -0.25) is 0 Å². The van der Waals surface area contributed by atoms with Crippen molar-refractivity contribution in [3.63, 3.8) is 0 Å². The number of fused-ring (bicyclic) bond motifs is 2. The van der Waals surface area contributed by atoms with Crippen LogP contribution in [0.1, 0.15) is 33.6 Å². The van der Waals surface area contributed by atoms with Gasteiger partial charge in [-0.15, -0.1) is 10.2 Å². The number of anilines is 1. The second-order valence-corrected chi connectivity index (χ2v) is 9.80. The standard InChI is InChI=1S/C23H27F2N7O/c1-13-8-23(3)20(25)18(9-22(13,2)30-23)31(4)21-26-11-17(28-29-21)16-6-5-15(7-19(16)33)32-12-14(24)10-27-32/h5-7,10-13,18,20,30,33H,8-9H2,1-4H3/t13?,18-,20-,22+,23+/m0/s1. The average molecular weight is 456 g/mol. The van der Waals surface area contributed by atoms with Crippen molar-refractivity contribution >= 4 is 5.95 Å². The van der Waals surface area contributed by atoms with Gasteiger partial charge in [-0.25, -0.2) is 18.4 Å². The summed E-state index contributed by atoms with van der Waals surface area (Å²) in [5, 5.41) is 26.3. The number of rotatable bonds is 4. The molecule has 2 bridgehead atoms. The SMILES string of the molecule is CC1C[C@@]2(C)N[C@]1(C)C[C@H](N(C)c1ncc(-c3ccc(-n4cc(F)cn4)cc3O)nn1)[C@@H]2F. The molecule has 5 rings (SSSR count). The van der Waals surface area contributed by atoms with E-state index in [9.17, 15) is 9.50 Å². The third kappa shape index (κ3) is 3.52. The Hall–Kier alpha value is -3.14. The highest BCUT2D eigenvalue weighted by molar-refractivity contribution is 5.68. The second kappa shape index (κ2) is 7.44. The molecule has 0 saturated carbocycles. The van der Waals surface area contributed by atoms with E-state index in [4.69, 9.17) is 0 Å². The van der Waals surface area contributed by atoms with Crippen molar-refractivity contribution in [2.75, 3.05) is 11.9 Å². The molecule has 2 fully saturated rings. The molecule has 2 saturated heterocycles. The number of alkyl halides is 1. The summed E-state index contributed by atoms with van der Waals surface area (Å²) < 4.78 is 30.1. The van der Waals surface area contributed by atoms with Gasteiger partial charge in [-0.1, -0.05) is 6.92 Å². The van der Waals surface area contributed by atoms with Gasteiger partial charge in [-0.2, -0.15) is 5.10 Å². The minimum absolute atomic E-state index is 0.0609. The highest BCUT2D eigenvalue weighted by Gasteiger charge is 2.59. The lowest BCUT2D eigenvalue weighted by molar-refractivity contribution is 0.0829. The lowest BCUT2D eigenvalue weighted by atomic mass is 9.81. The van der Waals surface area contributed by atoms with Gasteiger partial charge in [-0.05, 0) is 44.7 Å². The van der Waals surface area contributed by atoms with Gasteiger partial charge in [0.2, 0.25) is 5.95 Å². The number of piperidine rings is 1. The van der Waals surface area contributed by atoms with Crippen LogP contribution in [0.4, 0.5) is 14.7 Å². The molecule has 0 aliphatic carbocycles. The summed E-state index contributed by atoms with van der Waals surface area (Å²) in [4.78, 5) is 6.18. The maximum absolute atomic E-state index is 15.5. The maximum Gasteiger partial charge on any atom is 0.245 e. The normalized spacial score (nSPS) is 31.0. The third-order valence-electron chi connectivity index (χ3n) is 7.40. The first-order valence-electron chi connectivity index (χ1n) is 11.0. The molecule has 2 N–H and O–H groups in total. The monoisotopic (exact) mass is 455 g/mol. The van der Waals surface area contributed by atoms with Crippen molar-refractivity contribution < 1.29 is 13.9 Å². The molecule has 2 aliphatic heterocycles. The van der Waals surface area contributed by atoms with Crippen LogP contribution in [-0.2, 0) is 0 Å². The van der Waals surface area contributed by atoms with Crippen molar-refractivity contribution in [2.45, 2.75) is 56.9 Å². The Morgan fingerprint density at radius 2 is 1.97 bits per heavy atom. The van der Waals surface area contributed by atoms with Crippen LogP contribution in [0.5, 0.6) is 5.75 Å². The molecule has 0 spiro atoms. The summed E-state index contributed by atoms with van der Waals surface area (Å²) in [6, 6.07) is 4.42. The second-order valence-electron chi connectivity index (χ2n) is 9.80. The average Bonchev–Trinajstić information content (AvgIpc) is 3.30. The predicted molar refractivity (Wildman–Crippen MR) is 119 cm³/mol. The molecule has 1 aromatic carbocycles. The lowest BCUT2D eigenvalue weighted by Gasteiger charge is -2.47. The molecule has 4 heterocycles. The largest absolute Gasteiger partial charge is 0.507 e. The molecule has 3 aromatic rings. The Kier molecular flexibility index (Phi) is 4.89. The topological polar surface area (TPSA) is 92.0 Å². The Bertz CT molecular complexity index is 1190. The van der Waals surface area contributed by atoms with E-state index < -0.39 is 17.5 Å². The molecular formula is C23H27F2N7O. The van der Waals surface area contributed by atoms with Crippen molar-refractivity contribution in [1.82, 2.24) is 30.3 Å². The van der Waals surface area contributed by atoms with E-state index in [0.29, 0.717) is 35.2 Å². The number of phenolic OH excluding ortho intramolecular Hbond substituents is 1. The highest BCUT2D eigenvalue weighted by Crippen LogP contribution is 2.48. The van der Waals surface area contributed by atoms with E-state index >= 15 is 4.39 Å². The number of aromatic hydroxyl groups is 1. The van der Waals surface area contributed by atoms with Crippen molar-refractivity contribution in [3.05, 3.63) is 42.6 Å². The van der Waals surface area contributed by atoms with Crippen LogP contribution >= 0.6 is 0 Å². The van der Waals surface area contributed by atoms with Gasteiger partial charge in [0.1, 0.15) is 17.6 Å². The number of nitrogens with one attached hydrogen (secondary N) is 1. The molecule has 33 heavy (non-hydrogen) atoms. The molecule has 174 valence electrons. The van der Waals surface area contributed by atoms with Gasteiger partial charge >= 0.3 is 0 Å². The summed E-state index contributed by atoms with van der Waals surface area (Å²) >= 11 is 0. The van der Waals surface area contributed by atoms with E-state index in [1.807, 2.05) is 6.92 Å². The van der Waals surface area contributed by atoms with Crippen LogP contribution in [0.15, 0.2) is 36.8 Å². The van der Waals surface area contributed by atoms with Crippen LogP contribution in [-0.4, -0.2) is 60.4 Å². The fourth-order valence-electron chi connectivity index (χ4n) is 5.44. The van der Waals surface area contributed by atoms with E-state index in [1.54, 1.807) is 24.1 Å². The summed E-state index contributed by atoms with van der Waals surface area (Å²) in [6.45, 7) is 6.27. The highest BCUT2D eigenvalue weighted by atomic mass is 19.1. The Morgan fingerprint density at radius 3 is 2.61 bits per heavy atom. The Labute approximate surface area is 190 Å². The minimum Gasteiger partial charge on any atom is -0.507 e. The van der Waals surface area contributed by atoms with Crippen molar-refractivity contribution in [2.24, 2.45) is 5.92 Å². The number of halogens is 2. The fraction of sp³-hybridized carbons (Fsp3) is 0.478. The van der Waals surface area contributed by atoms with Gasteiger partial charge in [0, 0.05) is 29.8 Å². The van der Waals surface area contributed by atoms with Crippen molar-refractivity contribution in [1.29, 1.82) is 0 Å². The van der Waals surface area contributed by atoms with Crippen LogP contribution in [0, 0.1) is 11.7 Å². The maximum atomic E-state index is 15.5. The van der Waals surface area contributed by atoms with E-state index in [0.717, 1.165) is 12.6 Å². The molecule has 5 atom stereocenters. The minimum atomic E-state index is -1.08. The molecule has 0 amide bonds. The number of aromatic nitrogens is 5. The van der Waals surface area contributed by atoms with Crippen LogP contribution in [0.2, 0.25) is 0 Å². The van der Waals surface area contributed by atoms with Crippen LogP contribution < -0.4 is 10.2 Å². The van der Waals surface area contributed by atoms with E-state index in [1.165, 1.54) is 23.1 Å². The molecule has 0 radical (unpaired) electrons. The molecular weight excluding hydrogens is 428 g/mol. The molecule has 1 unspecified atom stereocenters. The number of phenols is 1. The fourth-order valence-corrected chi connectivity index (χ4v) is 5.44. The summed E-state index contributed by atoms with van der Waals surface area (Å²) in [5.74, 6) is 0.165. The molecule has 10 heteroatoms. The number of nitrogens with zero attached hydrogens (tertiary/aromatic N) is 6. The van der Waals surface area contributed by atoms with Gasteiger partial charge in [0.05, 0.1) is 30.3 Å². The summed E-state index contributed by atoms with van der Waals surface area (Å²) in [6.07, 6.45) is 4.17. The van der Waals surface area contributed by atoms with E-state index in [2.05, 4.69) is 39.4 Å². The van der Waals surface area contributed by atoms with Gasteiger partial charge in [0.25, 0.3) is 0 Å². The summed E-state index contributed by atoms with van der Waals surface area (Å²) in [5.41, 5.74) is 0.580. The first-order valence-corrected chi connectivity index (χ1v) is 11.0. The smallest absolute Gasteiger partial charge is 0.245 e.